The van der Waals surface area contributed by atoms with Crippen LogP contribution >= 0.6 is 0 Å². The summed E-state index contributed by atoms with van der Waals surface area (Å²) in [7, 11) is 0. The van der Waals surface area contributed by atoms with Crippen LogP contribution in [0.3, 0.4) is 0 Å². The third-order valence-electron chi connectivity index (χ3n) is 8.50. The highest BCUT2D eigenvalue weighted by molar-refractivity contribution is 5.52. The van der Waals surface area contributed by atoms with Gasteiger partial charge < -0.3 is 10.2 Å². The number of halogens is 3. The van der Waals surface area contributed by atoms with Crippen molar-refractivity contribution in [1.82, 2.24) is 4.90 Å². The van der Waals surface area contributed by atoms with E-state index in [-0.39, 0.29) is 5.41 Å². The highest BCUT2D eigenvalue weighted by Gasteiger charge is 2.37. The normalized spacial score (nSPS) is 18.3. The number of alkyl halides is 3. The summed E-state index contributed by atoms with van der Waals surface area (Å²) in [6.45, 7) is 13.6. The zero-order chi connectivity index (χ0) is 28.8. The minimum atomic E-state index is -4.37. The molecule has 0 aromatic heterocycles. The molecule has 1 heterocycles. The van der Waals surface area contributed by atoms with Crippen LogP contribution in [0.4, 0.5) is 18.9 Å². The molecule has 0 spiro atoms. The summed E-state index contributed by atoms with van der Waals surface area (Å²) in [4.78, 5) is 2.63. The van der Waals surface area contributed by atoms with Gasteiger partial charge in [0.05, 0.1) is 5.56 Å². The molecule has 2 aromatic carbocycles. The SMILES string of the molecule is C=C(CCC1(c2ccc(C/C=C(C)\C=C/CC)cc2)CCN(CC2CC2)CC1)Nc1cc(C)cc(C(F)(F)F)c1. The fourth-order valence-electron chi connectivity index (χ4n) is 5.83. The number of piperidine rings is 1. The Hall–Kier alpha value is -2.79. The number of hydrogen-bond acceptors (Lipinski definition) is 2. The van der Waals surface area contributed by atoms with Crippen molar-refractivity contribution in [1.29, 1.82) is 0 Å². The molecule has 2 aromatic rings. The maximum absolute atomic E-state index is 13.3. The monoisotopic (exact) mass is 550 g/mol. The fraction of sp³-hybridized carbons (Fsp3) is 0.486. The molecule has 0 amide bonds. The van der Waals surface area contributed by atoms with Gasteiger partial charge in [0.25, 0.3) is 0 Å². The second-order valence-corrected chi connectivity index (χ2v) is 12.0. The van der Waals surface area contributed by atoms with Crippen LogP contribution in [0.5, 0.6) is 0 Å². The average Bonchev–Trinajstić information content (AvgIpc) is 3.74. The number of aryl methyl sites for hydroxylation is 1. The second kappa shape index (κ2) is 13.2. The van der Waals surface area contributed by atoms with Gasteiger partial charge in [-0.15, -0.1) is 0 Å². The van der Waals surface area contributed by atoms with Crippen molar-refractivity contribution in [2.75, 3.05) is 25.0 Å². The number of allylic oxidation sites excluding steroid dienone is 5. The highest BCUT2D eigenvalue weighted by atomic mass is 19.4. The number of hydrogen-bond donors (Lipinski definition) is 1. The van der Waals surface area contributed by atoms with Gasteiger partial charge in [-0.25, -0.2) is 0 Å². The van der Waals surface area contributed by atoms with Crippen molar-refractivity contribution in [3.63, 3.8) is 0 Å². The number of likely N-dealkylation sites (tertiary alicyclic amines) is 1. The smallest absolute Gasteiger partial charge is 0.359 e. The van der Waals surface area contributed by atoms with Crippen molar-refractivity contribution in [3.05, 3.63) is 101 Å². The standard InChI is InChI=1S/C35H45F3N2/c1-5-6-7-26(2)8-9-29-12-14-31(15-13-29)34(18-20-40(21-19-34)25-30-10-11-30)17-16-28(4)39-33-23-27(3)22-32(24-33)35(36,37)38/h6-8,12-15,22-24,30,39H,4-5,9-11,16-21,25H2,1-3H3/b7-6-,26-8-. The molecule has 1 saturated carbocycles. The van der Waals surface area contributed by atoms with Gasteiger partial charge in [0.2, 0.25) is 0 Å². The molecular formula is C35H45F3N2. The number of nitrogens with one attached hydrogen (secondary N) is 1. The molecule has 2 nitrogen and oxygen atoms in total. The fourth-order valence-corrected chi connectivity index (χ4v) is 5.83. The molecule has 1 aliphatic heterocycles. The molecule has 2 fully saturated rings. The molecule has 0 bridgehead atoms. The highest BCUT2D eigenvalue weighted by Crippen LogP contribution is 2.42. The molecule has 40 heavy (non-hydrogen) atoms. The van der Waals surface area contributed by atoms with E-state index < -0.39 is 11.7 Å². The lowest BCUT2D eigenvalue weighted by molar-refractivity contribution is -0.137. The van der Waals surface area contributed by atoms with E-state index in [1.165, 1.54) is 48.2 Å². The van der Waals surface area contributed by atoms with Gasteiger partial charge in [-0.05, 0) is 125 Å². The summed E-state index contributed by atoms with van der Waals surface area (Å²) in [5.41, 5.74) is 5.17. The lowest BCUT2D eigenvalue weighted by Gasteiger charge is -2.43. The van der Waals surface area contributed by atoms with E-state index in [1.54, 1.807) is 13.0 Å². The van der Waals surface area contributed by atoms with Crippen LogP contribution in [0.25, 0.3) is 0 Å². The maximum atomic E-state index is 13.3. The summed E-state index contributed by atoms with van der Waals surface area (Å²) in [5.74, 6) is 0.885. The van der Waals surface area contributed by atoms with Crippen molar-refractivity contribution >= 4 is 5.69 Å². The number of rotatable bonds is 12. The van der Waals surface area contributed by atoms with Crippen LogP contribution in [0.2, 0.25) is 0 Å². The lowest BCUT2D eigenvalue weighted by atomic mass is 9.69. The topological polar surface area (TPSA) is 15.3 Å². The van der Waals surface area contributed by atoms with Crippen molar-refractivity contribution in [2.45, 2.75) is 83.7 Å². The molecule has 2 aliphatic rings. The van der Waals surface area contributed by atoms with E-state index in [9.17, 15) is 13.2 Å². The summed E-state index contributed by atoms with van der Waals surface area (Å²) in [5, 5.41) is 3.18. The predicted molar refractivity (Wildman–Crippen MR) is 162 cm³/mol. The zero-order valence-electron chi connectivity index (χ0n) is 24.4. The van der Waals surface area contributed by atoms with Gasteiger partial charge >= 0.3 is 6.18 Å². The molecular weight excluding hydrogens is 505 g/mol. The number of anilines is 1. The zero-order valence-corrected chi connectivity index (χ0v) is 24.4. The predicted octanol–water partition coefficient (Wildman–Crippen LogP) is 9.62. The Morgan fingerprint density at radius 3 is 2.42 bits per heavy atom. The van der Waals surface area contributed by atoms with Gasteiger partial charge in [0.15, 0.2) is 0 Å². The Balaban J connectivity index is 1.45. The Bertz CT molecular complexity index is 1190. The van der Waals surface area contributed by atoms with Crippen LogP contribution in [0, 0.1) is 12.8 Å². The van der Waals surface area contributed by atoms with Crippen molar-refractivity contribution < 1.29 is 13.2 Å². The first-order valence-electron chi connectivity index (χ1n) is 14.8. The Morgan fingerprint density at radius 2 is 1.80 bits per heavy atom. The third kappa shape index (κ3) is 8.60. The summed E-state index contributed by atoms with van der Waals surface area (Å²) in [6.07, 6.45) is 10.8. The third-order valence-corrected chi connectivity index (χ3v) is 8.50. The Labute approximate surface area is 239 Å². The molecule has 0 unspecified atom stereocenters. The first-order valence-corrected chi connectivity index (χ1v) is 14.8. The molecule has 1 saturated heterocycles. The first-order chi connectivity index (χ1) is 19.1. The minimum Gasteiger partial charge on any atom is -0.359 e. The van der Waals surface area contributed by atoms with Crippen molar-refractivity contribution in [2.24, 2.45) is 5.92 Å². The van der Waals surface area contributed by atoms with Crippen LogP contribution < -0.4 is 5.32 Å². The van der Waals surface area contributed by atoms with Gasteiger partial charge in [-0.3, -0.25) is 0 Å². The molecule has 0 atom stereocenters. The quantitative estimate of drug-likeness (QED) is 0.265. The van der Waals surface area contributed by atoms with Gasteiger partial charge in [-0.1, -0.05) is 61.6 Å². The van der Waals surface area contributed by atoms with Gasteiger partial charge in [-0.2, -0.15) is 13.2 Å². The van der Waals surface area contributed by atoms with Crippen LogP contribution in [0.1, 0.15) is 81.0 Å². The Kier molecular flexibility index (Phi) is 9.99. The van der Waals surface area contributed by atoms with Crippen molar-refractivity contribution in [3.8, 4) is 0 Å². The van der Waals surface area contributed by atoms with E-state index in [2.05, 4.69) is 73.1 Å². The summed E-state index contributed by atoms with van der Waals surface area (Å²) < 4.78 is 40.0. The maximum Gasteiger partial charge on any atom is 0.416 e. The molecule has 1 N–H and O–H groups in total. The van der Waals surface area contributed by atoms with Crippen LogP contribution in [0.15, 0.2) is 78.5 Å². The summed E-state index contributed by atoms with van der Waals surface area (Å²) in [6, 6.07) is 13.3. The van der Waals surface area contributed by atoms with Crippen LogP contribution in [-0.2, 0) is 18.0 Å². The molecule has 216 valence electrons. The average molecular weight is 551 g/mol. The van der Waals surface area contributed by atoms with E-state index >= 15 is 0 Å². The van der Waals surface area contributed by atoms with E-state index in [0.29, 0.717) is 17.7 Å². The number of benzene rings is 2. The van der Waals surface area contributed by atoms with Crippen LogP contribution in [-0.4, -0.2) is 24.5 Å². The lowest BCUT2D eigenvalue weighted by Crippen LogP contribution is -2.43. The van der Waals surface area contributed by atoms with Gasteiger partial charge in [0.1, 0.15) is 0 Å². The van der Waals surface area contributed by atoms with Gasteiger partial charge in [0, 0.05) is 17.9 Å². The largest absolute Gasteiger partial charge is 0.416 e. The molecule has 0 radical (unpaired) electrons. The number of nitrogens with zero attached hydrogens (tertiary/aromatic N) is 1. The minimum absolute atomic E-state index is 0.0442. The Morgan fingerprint density at radius 1 is 1.10 bits per heavy atom. The molecule has 4 rings (SSSR count). The molecule has 1 aliphatic carbocycles. The first kappa shape index (κ1) is 30.2. The molecule has 5 heteroatoms. The summed E-state index contributed by atoms with van der Waals surface area (Å²) >= 11 is 0. The van der Waals surface area contributed by atoms with E-state index in [1.807, 2.05) is 0 Å². The second-order valence-electron chi connectivity index (χ2n) is 12.0. The van der Waals surface area contributed by atoms with E-state index in [0.717, 1.165) is 56.8 Å². The van der Waals surface area contributed by atoms with E-state index in [4.69, 9.17) is 0 Å².